The highest BCUT2D eigenvalue weighted by Gasteiger charge is 2.65. The molecule has 0 aromatic heterocycles. The van der Waals surface area contributed by atoms with Gasteiger partial charge in [0.2, 0.25) is 0 Å². The first-order chi connectivity index (χ1) is 14.9. The number of ether oxygens (including phenoxy) is 2. The van der Waals surface area contributed by atoms with Gasteiger partial charge in [-0.15, -0.1) is 0 Å². The molecule has 0 spiro atoms. The maximum Gasteiger partial charge on any atom is 0.320 e. The van der Waals surface area contributed by atoms with Crippen LogP contribution in [0.5, 0.6) is 0 Å². The van der Waals surface area contributed by atoms with Gasteiger partial charge >= 0.3 is 5.97 Å². The molecule has 2 fully saturated rings. The fourth-order valence-electron chi connectivity index (χ4n) is 4.42. The Labute approximate surface area is 182 Å². The molecule has 0 bridgehead atoms. The number of morpholine rings is 1. The third-order valence-electron chi connectivity index (χ3n) is 6.04. The molecular weight excluding hydrogens is 413 g/mol. The van der Waals surface area contributed by atoms with Crippen molar-refractivity contribution < 1.29 is 23.6 Å². The summed E-state index contributed by atoms with van der Waals surface area (Å²) in [5.41, 5.74) is 0. The number of esters is 1. The van der Waals surface area contributed by atoms with Gasteiger partial charge in [0.1, 0.15) is 5.16 Å². The molecule has 2 atom stereocenters. The molecule has 2 aromatic carbocycles. The smallest absolute Gasteiger partial charge is 0.320 e. The van der Waals surface area contributed by atoms with Crippen LogP contribution in [0.3, 0.4) is 0 Å². The van der Waals surface area contributed by atoms with E-state index >= 15 is 0 Å². The molecular formula is C24H28NO5P. The number of benzene rings is 2. The number of carbonyl (C=O) groups excluding carboxylic acids is 2. The summed E-state index contributed by atoms with van der Waals surface area (Å²) in [6, 6.07) is 18.3. The summed E-state index contributed by atoms with van der Waals surface area (Å²) in [5.74, 6) is -0.799. The molecule has 1 heterocycles. The summed E-state index contributed by atoms with van der Waals surface area (Å²) in [6.45, 7) is 4.43. The van der Waals surface area contributed by atoms with Gasteiger partial charge in [-0.2, -0.15) is 0 Å². The molecule has 1 aliphatic heterocycles. The summed E-state index contributed by atoms with van der Waals surface area (Å²) in [6.07, 6.45) is 0.837. The van der Waals surface area contributed by atoms with E-state index in [0.717, 1.165) is 0 Å². The Bertz CT molecular complexity index is 936. The van der Waals surface area contributed by atoms with Gasteiger partial charge in [0.25, 0.3) is 5.91 Å². The van der Waals surface area contributed by atoms with E-state index in [1.807, 2.05) is 74.5 Å². The van der Waals surface area contributed by atoms with Crippen molar-refractivity contribution in [1.29, 1.82) is 0 Å². The van der Waals surface area contributed by atoms with E-state index in [2.05, 4.69) is 0 Å². The highest BCUT2D eigenvalue weighted by molar-refractivity contribution is 7.81. The number of amides is 1. The van der Waals surface area contributed by atoms with Crippen molar-refractivity contribution in [3.05, 3.63) is 60.7 Å². The van der Waals surface area contributed by atoms with Crippen LogP contribution < -0.4 is 10.6 Å². The monoisotopic (exact) mass is 441 g/mol. The predicted molar refractivity (Wildman–Crippen MR) is 119 cm³/mol. The molecule has 0 radical (unpaired) electrons. The van der Waals surface area contributed by atoms with E-state index in [1.165, 1.54) is 0 Å². The summed E-state index contributed by atoms with van der Waals surface area (Å²) in [5, 5.41) is 0.164. The molecule has 164 valence electrons. The molecule has 0 N–H and O–H groups in total. The largest absolute Gasteiger partial charge is 0.455 e. The fraction of sp³-hybridized carbons (Fsp3) is 0.417. The maximum absolute atomic E-state index is 14.6. The number of hydrogen-bond donors (Lipinski definition) is 0. The zero-order valence-electron chi connectivity index (χ0n) is 17.9. The lowest BCUT2D eigenvalue weighted by Crippen LogP contribution is -2.49. The first kappa shape index (κ1) is 21.8. The first-order valence-electron chi connectivity index (χ1n) is 10.7. The van der Waals surface area contributed by atoms with Crippen molar-refractivity contribution in [2.45, 2.75) is 44.1 Å². The van der Waals surface area contributed by atoms with Crippen LogP contribution >= 0.6 is 7.14 Å². The van der Waals surface area contributed by atoms with Gasteiger partial charge < -0.3 is 18.9 Å². The molecule has 6 nitrogen and oxygen atoms in total. The molecule has 2 aliphatic rings. The van der Waals surface area contributed by atoms with Crippen LogP contribution in [0.4, 0.5) is 0 Å². The highest BCUT2D eigenvalue weighted by atomic mass is 31.2. The summed E-state index contributed by atoms with van der Waals surface area (Å²) < 4.78 is 25.7. The van der Waals surface area contributed by atoms with Gasteiger partial charge in [0.05, 0.1) is 12.2 Å². The minimum atomic E-state index is -3.30. The van der Waals surface area contributed by atoms with Gasteiger partial charge in [-0.05, 0) is 26.7 Å². The van der Waals surface area contributed by atoms with Crippen molar-refractivity contribution in [3.8, 4) is 0 Å². The van der Waals surface area contributed by atoms with Crippen molar-refractivity contribution in [2.75, 3.05) is 19.7 Å². The van der Waals surface area contributed by atoms with Crippen LogP contribution in [-0.4, -0.2) is 53.8 Å². The van der Waals surface area contributed by atoms with Crippen LogP contribution in [0, 0.1) is 0 Å². The lowest BCUT2D eigenvalue weighted by Gasteiger charge is -2.35. The molecule has 2 aromatic rings. The summed E-state index contributed by atoms with van der Waals surface area (Å²) in [4.78, 5) is 27.6. The van der Waals surface area contributed by atoms with Gasteiger partial charge in [-0.25, -0.2) is 0 Å². The van der Waals surface area contributed by atoms with Crippen LogP contribution in [-0.2, 0) is 23.6 Å². The third-order valence-corrected chi connectivity index (χ3v) is 9.93. The van der Waals surface area contributed by atoms with Gasteiger partial charge in [-0.3, -0.25) is 9.59 Å². The molecule has 1 saturated carbocycles. The van der Waals surface area contributed by atoms with E-state index in [9.17, 15) is 14.2 Å². The molecule has 31 heavy (non-hydrogen) atoms. The Morgan fingerprint density at radius 2 is 1.45 bits per heavy atom. The van der Waals surface area contributed by atoms with E-state index in [0.29, 0.717) is 36.5 Å². The Balaban J connectivity index is 1.55. The summed E-state index contributed by atoms with van der Waals surface area (Å²) in [7, 11) is -3.30. The average Bonchev–Trinajstić information content (AvgIpc) is 3.60. The first-order valence-corrected chi connectivity index (χ1v) is 12.4. The van der Waals surface area contributed by atoms with Crippen LogP contribution in [0.15, 0.2) is 60.7 Å². The quantitative estimate of drug-likeness (QED) is 0.509. The Hall–Kier alpha value is -2.43. The summed E-state index contributed by atoms with van der Waals surface area (Å²) >= 11 is 0. The molecule has 1 saturated heterocycles. The minimum absolute atomic E-state index is 0.0606. The molecule has 4 rings (SSSR count). The molecule has 7 heteroatoms. The second-order valence-electron chi connectivity index (χ2n) is 8.44. The molecule has 1 amide bonds. The standard InChI is InChI=1S/C24H28NO5P/c1-18-15-25(16-19(2)30-18)22(26)17-29-23(27)24(13-14-24)31(28,20-9-5-3-6-10-20)21-11-7-4-8-12-21/h3-12,18-19H,13-17H2,1-2H3. The lowest BCUT2D eigenvalue weighted by atomic mass is 10.2. The Kier molecular flexibility index (Phi) is 6.05. The lowest BCUT2D eigenvalue weighted by molar-refractivity contribution is -0.157. The number of carbonyl (C=O) groups is 2. The zero-order chi connectivity index (χ0) is 22.1. The molecule has 1 aliphatic carbocycles. The van der Waals surface area contributed by atoms with Gasteiger partial charge in [0.15, 0.2) is 13.7 Å². The van der Waals surface area contributed by atoms with E-state index in [1.54, 1.807) is 4.90 Å². The van der Waals surface area contributed by atoms with E-state index in [4.69, 9.17) is 9.47 Å². The highest BCUT2D eigenvalue weighted by Crippen LogP contribution is 2.68. The Morgan fingerprint density at radius 3 is 1.90 bits per heavy atom. The van der Waals surface area contributed by atoms with E-state index < -0.39 is 18.3 Å². The van der Waals surface area contributed by atoms with Crippen LogP contribution in [0.2, 0.25) is 0 Å². The molecule has 2 unspecified atom stereocenters. The third kappa shape index (κ3) is 4.07. The minimum Gasteiger partial charge on any atom is -0.455 e. The van der Waals surface area contributed by atoms with Gasteiger partial charge in [-0.1, -0.05) is 60.7 Å². The topological polar surface area (TPSA) is 72.9 Å². The van der Waals surface area contributed by atoms with Gasteiger partial charge in [0, 0.05) is 23.7 Å². The van der Waals surface area contributed by atoms with Crippen LogP contribution in [0.25, 0.3) is 0 Å². The second-order valence-corrected chi connectivity index (χ2v) is 11.6. The Morgan fingerprint density at radius 1 is 0.968 bits per heavy atom. The number of nitrogens with zero attached hydrogens (tertiary/aromatic N) is 1. The number of rotatable bonds is 6. The second kappa shape index (κ2) is 8.60. The van der Waals surface area contributed by atoms with Crippen molar-refractivity contribution in [2.24, 2.45) is 0 Å². The van der Waals surface area contributed by atoms with Crippen molar-refractivity contribution in [3.63, 3.8) is 0 Å². The average molecular weight is 441 g/mol. The zero-order valence-corrected chi connectivity index (χ0v) is 18.8. The predicted octanol–water partition coefficient (Wildman–Crippen LogP) is 2.71. The maximum atomic E-state index is 14.6. The number of hydrogen-bond acceptors (Lipinski definition) is 5. The normalized spacial score (nSPS) is 22.6. The SMILES string of the molecule is CC1CN(C(=O)COC(=O)C2(P(=O)(c3ccccc3)c3ccccc3)CC2)CC(C)O1. The fourth-order valence-corrected chi connectivity index (χ4v) is 7.95. The van der Waals surface area contributed by atoms with E-state index in [-0.39, 0.29) is 24.7 Å². The van der Waals surface area contributed by atoms with Crippen molar-refractivity contribution >= 4 is 29.6 Å². The van der Waals surface area contributed by atoms with Crippen molar-refractivity contribution in [1.82, 2.24) is 4.90 Å². The van der Waals surface area contributed by atoms with Crippen LogP contribution in [0.1, 0.15) is 26.7 Å².